The normalized spacial score (nSPS) is 52.5. The molecule has 0 amide bonds. The van der Waals surface area contributed by atoms with E-state index in [-0.39, 0.29) is 0 Å². The second-order valence-corrected chi connectivity index (χ2v) is 8.33. The Labute approximate surface area is 192 Å². The van der Waals surface area contributed by atoms with E-state index >= 15 is 0 Å². The molecule has 3 fully saturated rings. The minimum atomic E-state index is -1.93. The van der Waals surface area contributed by atoms with Crippen LogP contribution in [0.3, 0.4) is 0 Å². The van der Waals surface area contributed by atoms with Crippen molar-refractivity contribution < 1.29 is 79.9 Å². The highest BCUT2D eigenvalue weighted by atomic mass is 16.7. The third kappa shape index (κ3) is 5.37. The molecule has 3 aliphatic heterocycles. The Morgan fingerprint density at radius 3 is 1.47 bits per heavy atom. The summed E-state index contributed by atoms with van der Waals surface area (Å²) in [7, 11) is 0. The zero-order valence-corrected chi connectivity index (χ0v) is 17.7. The zero-order chi connectivity index (χ0) is 25.3. The topological polar surface area (TPSA) is 269 Å². The highest BCUT2D eigenvalue weighted by Gasteiger charge is 2.53. The second kappa shape index (κ2) is 11.6. The van der Waals surface area contributed by atoms with Gasteiger partial charge in [-0.3, -0.25) is 0 Å². The molecule has 16 heteroatoms. The molecule has 0 radical (unpaired) electrons. The quantitative estimate of drug-likeness (QED) is 0.154. The van der Waals surface area contributed by atoms with Crippen molar-refractivity contribution in [1.29, 1.82) is 0 Å². The summed E-state index contributed by atoms with van der Waals surface area (Å²) in [6.45, 7) is -2.31. The first-order valence-corrected chi connectivity index (χ1v) is 10.6. The van der Waals surface area contributed by atoms with Gasteiger partial charge in [-0.15, -0.1) is 0 Å². The smallest absolute Gasteiger partial charge is 0.187 e. The summed E-state index contributed by atoms with van der Waals surface area (Å²) in [5, 5.41) is 109. The average molecular weight is 504 g/mol. The van der Waals surface area contributed by atoms with Gasteiger partial charge in [0.2, 0.25) is 0 Å². The van der Waals surface area contributed by atoms with E-state index in [2.05, 4.69) is 0 Å². The van der Waals surface area contributed by atoms with Crippen LogP contribution < -0.4 is 0 Å². The van der Waals surface area contributed by atoms with Crippen LogP contribution in [0, 0.1) is 0 Å². The number of hydrogen-bond acceptors (Lipinski definition) is 16. The lowest BCUT2D eigenvalue weighted by Gasteiger charge is -2.47. The fraction of sp³-hybridized carbons (Fsp3) is 1.00. The van der Waals surface area contributed by atoms with Crippen LogP contribution in [-0.2, 0) is 23.7 Å². The van der Waals surface area contributed by atoms with Crippen molar-refractivity contribution in [2.45, 2.75) is 92.1 Å². The van der Waals surface area contributed by atoms with Gasteiger partial charge in [0.25, 0.3) is 0 Å². The predicted octanol–water partition coefficient (Wildman–Crippen LogP) is -7.57. The van der Waals surface area contributed by atoms with Gasteiger partial charge in [-0.1, -0.05) is 0 Å². The molecule has 3 aliphatic rings. The average Bonchev–Trinajstić information content (AvgIpc) is 2.83. The predicted molar refractivity (Wildman–Crippen MR) is 101 cm³/mol. The van der Waals surface area contributed by atoms with Crippen LogP contribution in [0.5, 0.6) is 0 Å². The van der Waals surface area contributed by atoms with Crippen LogP contribution in [-0.4, -0.2) is 168 Å². The Morgan fingerprint density at radius 1 is 0.441 bits per heavy atom. The first-order valence-electron chi connectivity index (χ1n) is 10.6. The van der Waals surface area contributed by atoms with Gasteiger partial charge in [0.15, 0.2) is 18.9 Å². The summed E-state index contributed by atoms with van der Waals surface area (Å²) in [5.41, 5.74) is 0. The molecule has 1 unspecified atom stereocenters. The first kappa shape index (κ1) is 27.9. The van der Waals surface area contributed by atoms with Gasteiger partial charge >= 0.3 is 0 Å². The lowest BCUT2D eigenvalue weighted by molar-refractivity contribution is -0.378. The molecule has 3 rings (SSSR count). The van der Waals surface area contributed by atoms with Gasteiger partial charge < -0.3 is 79.9 Å². The molecule has 3 saturated heterocycles. The molecular formula is C18H32O16. The molecule has 34 heavy (non-hydrogen) atoms. The van der Waals surface area contributed by atoms with Gasteiger partial charge in [-0.05, 0) is 0 Å². The molecule has 16 nitrogen and oxygen atoms in total. The number of ether oxygens (including phenoxy) is 5. The van der Waals surface area contributed by atoms with Crippen LogP contribution >= 0.6 is 0 Å². The van der Waals surface area contributed by atoms with Crippen molar-refractivity contribution in [3.05, 3.63) is 0 Å². The maximum atomic E-state index is 10.6. The summed E-state index contributed by atoms with van der Waals surface area (Å²) in [4.78, 5) is 0. The van der Waals surface area contributed by atoms with Gasteiger partial charge in [0.1, 0.15) is 73.2 Å². The molecule has 200 valence electrons. The second-order valence-electron chi connectivity index (χ2n) is 8.33. The van der Waals surface area contributed by atoms with E-state index in [1.807, 2.05) is 0 Å². The molecule has 0 aromatic carbocycles. The molecule has 0 bridgehead atoms. The minimum absolute atomic E-state index is 0.740. The fourth-order valence-corrected chi connectivity index (χ4v) is 4.05. The molecule has 0 saturated carbocycles. The monoisotopic (exact) mass is 504 g/mol. The largest absolute Gasteiger partial charge is 0.394 e. The van der Waals surface area contributed by atoms with E-state index in [1.54, 1.807) is 0 Å². The standard InChI is InChI=1S/C18H32O16/c19-1-4-7(22)9(24)11(26)17(31-4)33-14-6(3-21)32-18(12(27)10(14)25)34-15-8(23)5(2-20)30-16(29)13(15)28/h4-29H,1-3H2/t4-,5-,6-,7+,8+,9+,10-,11-,12-,13-,14+,15+,16?,17+,18-/m1/s1. The SMILES string of the molecule is OC[C@H]1O[C@@H](O[C@@H]2[C@H](O)[C@@H](O)[C@@H](O[C@H]3[C@@H](O)[C@@H](CO)OC(O)[C@@H]3O)O[C@@H]2CO)[C@H](O)[C@@H](O)[C@H]1O. The van der Waals surface area contributed by atoms with Crippen molar-refractivity contribution in [1.82, 2.24) is 0 Å². The Balaban J connectivity index is 1.72. The highest BCUT2D eigenvalue weighted by Crippen LogP contribution is 2.32. The fourth-order valence-electron chi connectivity index (χ4n) is 4.05. The summed E-state index contributed by atoms with van der Waals surface area (Å²) in [6, 6.07) is 0. The van der Waals surface area contributed by atoms with Crippen LogP contribution in [0.15, 0.2) is 0 Å². The summed E-state index contributed by atoms with van der Waals surface area (Å²) in [5.74, 6) is 0. The number of aliphatic hydroxyl groups excluding tert-OH is 11. The Bertz CT molecular complexity index is 637. The van der Waals surface area contributed by atoms with E-state index < -0.39 is 112 Å². The number of rotatable bonds is 7. The van der Waals surface area contributed by atoms with E-state index in [9.17, 15) is 56.2 Å². The van der Waals surface area contributed by atoms with E-state index in [0.29, 0.717) is 0 Å². The molecule has 0 aliphatic carbocycles. The maximum Gasteiger partial charge on any atom is 0.187 e. The Hall–Kier alpha value is -0.640. The van der Waals surface area contributed by atoms with Crippen molar-refractivity contribution in [3.8, 4) is 0 Å². The van der Waals surface area contributed by atoms with Gasteiger partial charge in [-0.25, -0.2) is 0 Å². The first-order chi connectivity index (χ1) is 16.0. The van der Waals surface area contributed by atoms with Crippen LogP contribution in [0.1, 0.15) is 0 Å². The van der Waals surface area contributed by atoms with E-state index in [1.165, 1.54) is 0 Å². The zero-order valence-electron chi connectivity index (χ0n) is 17.7. The summed E-state index contributed by atoms with van der Waals surface area (Å²) < 4.78 is 26.2. The third-order valence-corrected chi connectivity index (χ3v) is 6.09. The molecule has 15 atom stereocenters. The number of aliphatic hydroxyl groups is 11. The van der Waals surface area contributed by atoms with Gasteiger partial charge in [0.05, 0.1) is 19.8 Å². The third-order valence-electron chi connectivity index (χ3n) is 6.09. The molecule has 11 N–H and O–H groups in total. The minimum Gasteiger partial charge on any atom is -0.394 e. The molecule has 3 heterocycles. The molecule has 0 aromatic heterocycles. The summed E-state index contributed by atoms with van der Waals surface area (Å²) in [6.07, 6.45) is -25.3. The van der Waals surface area contributed by atoms with E-state index in [0.717, 1.165) is 0 Å². The van der Waals surface area contributed by atoms with Crippen LogP contribution in [0.25, 0.3) is 0 Å². The number of hydrogen-bond donors (Lipinski definition) is 11. The molecule has 0 aromatic rings. The van der Waals surface area contributed by atoms with Crippen molar-refractivity contribution in [2.75, 3.05) is 19.8 Å². The van der Waals surface area contributed by atoms with Crippen molar-refractivity contribution in [3.63, 3.8) is 0 Å². The van der Waals surface area contributed by atoms with Gasteiger partial charge in [-0.2, -0.15) is 0 Å². The molecular weight excluding hydrogens is 472 g/mol. The highest BCUT2D eigenvalue weighted by molar-refractivity contribution is 4.96. The summed E-state index contributed by atoms with van der Waals surface area (Å²) >= 11 is 0. The van der Waals surface area contributed by atoms with Crippen LogP contribution in [0.2, 0.25) is 0 Å². The van der Waals surface area contributed by atoms with Gasteiger partial charge in [0, 0.05) is 0 Å². The Kier molecular flexibility index (Phi) is 9.54. The lowest BCUT2D eigenvalue weighted by Crippen LogP contribution is -2.66. The lowest BCUT2D eigenvalue weighted by atomic mass is 9.96. The maximum absolute atomic E-state index is 10.6. The van der Waals surface area contributed by atoms with Crippen molar-refractivity contribution in [2.24, 2.45) is 0 Å². The Morgan fingerprint density at radius 2 is 0.912 bits per heavy atom. The molecule has 0 spiro atoms. The van der Waals surface area contributed by atoms with E-state index in [4.69, 9.17) is 23.7 Å². The van der Waals surface area contributed by atoms with Crippen LogP contribution in [0.4, 0.5) is 0 Å². The van der Waals surface area contributed by atoms with Crippen molar-refractivity contribution >= 4 is 0 Å².